The van der Waals surface area contributed by atoms with Crippen LogP contribution >= 0.6 is 12.4 Å². The highest BCUT2D eigenvalue weighted by atomic mass is 35.5. The number of hydrogen-bond acceptors (Lipinski definition) is 3. The number of halogens is 1. The van der Waals surface area contributed by atoms with Gasteiger partial charge in [0.15, 0.2) is 6.10 Å². The summed E-state index contributed by atoms with van der Waals surface area (Å²) in [5.41, 5.74) is 1.07. The molecule has 1 saturated heterocycles. The third kappa shape index (κ3) is 4.62. The van der Waals surface area contributed by atoms with Crippen LogP contribution in [0, 0.1) is 6.92 Å². The smallest absolute Gasteiger partial charge is 0.263 e. The summed E-state index contributed by atoms with van der Waals surface area (Å²) in [5, 5.41) is 3.27. The molecular weight excluding hydrogens is 300 g/mol. The summed E-state index contributed by atoms with van der Waals surface area (Å²) in [6.45, 7) is 5.62. The van der Waals surface area contributed by atoms with Gasteiger partial charge in [-0.25, -0.2) is 0 Å². The Hall–Kier alpha value is -1.26. The van der Waals surface area contributed by atoms with Gasteiger partial charge in [-0.3, -0.25) is 4.79 Å². The molecule has 2 rings (SSSR count). The van der Waals surface area contributed by atoms with Gasteiger partial charge in [-0.05, 0) is 44.9 Å². The van der Waals surface area contributed by atoms with Crippen molar-refractivity contribution in [1.82, 2.24) is 10.2 Å². The summed E-state index contributed by atoms with van der Waals surface area (Å²) >= 11 is 0. The van der Waals surface area contributed by atoms with Crippen LogP contribution in [0.1, 0.15) is 31.7 Å². The van der Waals surface area contributed by atoms with Crippen LogP contribution in [0.4, 0.5) is 0 Å². The van der Waals surface area contributed by atoms with E-state index in [-0.39, 0.29) is 24.4 Å². The number of para-hydroxylation sites is 1. The van der Waals surface area contributed by atoms with E-state index in [1.165, 1.54) is 0 Å². The lowest BCUT2D eigenvalue weighted by atomic mass is 10.0. The van der Waals surface area contributed by atoms with E-state index in [0.29, 0.717) is 12.5 Å². The standard InChI is InChI=1S/C17H26N2O2.ClH/c1-4-15(21-16-10-6-5-8-13(16)2)17(20)19-11-7-9-14(12-19)18-3;/h5-6,8,10,14-15,18H,4,7,9,11-12H2,1-3H3;1H. The molecule has 1 N–H and O–H groups in total. The van der Waals surface area contributed by atoms with Crippen LogP contribution in [0.3, 0.4) is 0 Å². The van der Waals surface area contributed by atoms with Gasteiger partial charge in [0.2, 0.25) is 0 Å². The molecule has 2 atom stereocenters. The molecule has 1 amide bonds. The van der Waals surface area contributed by atoms with Crippen LogP contribution in [-0.4, -0.2) is 43.1 Å². The summed E-state index contributed by atoms with van der Waals surface area (Å²) in [6.07, 6.45) is 2.49. The maximum atomic E-state index is 12.7. The van der Waals surface area contributed by atoms with Crippen molar-refractivity contribution in [2.45, 2.75) is 45.3 Å². The summed E-state index contributed by atoms with van der Waals surface area (Å²) in [5.74, 6) is 0.917. The maximum Gasteiger partial charge on any atom is 0.263 e. The largest absolute Gasteiger partial charge is 0.480 e. The van der Waals surface area contributed by atoms with Crippen molar-refractivity contribution in [3.63, 3.8) is 0 Å². The zero-order valence-electron chi connectivity index (χ0n) is 13.7. The number of rotatable bonds is 5. The summed E-state index contributed by atoms with van der Waals surface area (Å²) in [7, 11) is 1.96. The molecule has 1 aromatic carbocycles. The Balaban J connectivity index is 0.00000242. The van der Waals surface area contributed by atoms with Crippen molar-refractivity contribution in [1.29, 1.82) is 0 Å². The number of aryl methyl sites for hydroxylation is 1. The third-order valence-corrected chi connectivity index (χ3v) is 4.15. The van der Waals surface area contributed by atoms with Gasteiger partial charge in [0.05, 0.1) is 0 Å². The summed E-state index contributed by atoms with van der Waals surface area (Å²) < 4.78 is 5.97. The van der Waals surface area contributed by atoms with E-state index < -0.39 is 0 Å². The van der Waals surface area contributed by atoms with Crippen LogP contribution in [0.15, 0.2) is 24.3 Å². The minimum atomic E-state index is -0.387. The normalized spacial score (nSPS) is 19.2. The second kappa shape index (κ2) is 9.01. The molecule has 1 aromatic rings. The molecule has 22 heavy (non-hydrogen) atoms. The van der Waals surface area contributed by atoms with Crippen LogP contribution in [0.5, 0.6) is 5.75 Å². The van der Waals surface area contributed by atoms with E-state index in [9.17, 15) is 4.79 Å². The van der Waals surface area contributed by atoms with Crippen molar-refractivity contribution in [3.8, 4) is 5.75 Å². The van der Waals surface area contributed by atoms with E-state index in [1.54, 1.807) is 0 Å². The molecule has 0 bridgehead atoms. The van der Waals surface area contributed by atoms with E-state index in [0.717, 1.165) is 37.2 Å². The lowest BCUT2D eigenvalue weighted by Crippen LogP contribution is -2.51. The van der Waals surface area contributed by atoms with Gasteiger partial charge in [0.1, 0.15) is 5.75 Å². The first-order valence-corrected chi connectivity index (χ1v) is 7.84. The van der Waals surface area contributed by atoms with Crippen molar-refractivity contribution >= 4 is 18.3 Å². The molecule has 1 aliphatic heterocycles. The molecule has 1 fully saturated rings. The SMILES string of the molecule is CCC(Oc1ccccc1C)C(=O)N1CCCC(NC)C1.Cl. The second-order valence-electron chi connectivity index (χ2n) is 5.69. The number of nitrogens with one attached hydrogen (secondary N) is 1. The second-order valence-corrected chi connectivity index (χ2v) is 5.69. The van der Waals surface area contributed by atoms with Gasteiger partial charge in [-0.15, -0.1) is 12.4 Å². The average Bonchev–Trinajstić information content (AvgIpc) is 2.53. The van der Waals surface area contributed by atoms with Crippen LogP contribution in [0.25, 0.3) is 0 Å². The van der Waals surface area contributed by atoms with E-state index in [2.05, 4.69) is 5.32 Å². The maximum absolute atomic E-state index is 12.7. The van der Waals surface area contributed by atoms with Gasteiger partial charge in [0.25, 0.3) is 5.91 Å². The Bertz CT molecular complexity index is 481. The fraction of sp³-hybridized carbons (Fsp3) is 0.588. The molecule has 1 heterocycles. The van der Waals surface area contributed by atoms with E-state index in [1.807, 2.05) is 50.1 Å². The highest BCUT2D eigenvalue weighted by Gasteiger charge is 2.28. The van der Waals surface area contributed by atoms with E-state index >= 15 is 0 Å². The van der Waals surface area contributed by atoms with Crippen molar-refractivity contribution in [2.24, 2.45) is 0 Å². The van der Waals surface area contributed by atoms with Crippen molar-refractivity contribution in [2.75, 3.05) is 20.1 Å². The lowest BCUT2D eigenvalue weighted by Gasteiger charge is -2.34. The highest BCUT2D eigenvalue weighted by molar-refractivity contribution is 5.85. The first-order chi connectivity index (χ1) is 10.2. The molecule has 4 nitrogen and oxygen atoms in total. The molecule has 5 heteroatoms. The van der Waals surface area contributed by atoms with Gasteiger partial charge in [0, 0.05) is 19.1 Å². The number of piperidine rings is 1. The number of hydrogen-bond donors (Lipinski definition) is 1. The van der Waals surface area contributed by atoms with Gasteiger partial charge < -0.3 is 15.0 Å². The Labute approximate surface area is 139 Å². The molecule has 2 unspecified atom stereocenters. The van der Waals surface area contributed by atoms with Crippen LogP contribution in [-0.2, 0) is 4.79 Å². The molecule has 0 aliphatic carbocycles. The Morgan fingerprint density at radius 1 is 1.45 bits per heavy atom. The average molecular weight is 327 g/mol. The zero-order valence-corrected chi connectivity index (χ0v) is 14.5. The topological polar surface area (TPSA) is 41.6 Å². The van der Waals surface area contributed by atoms with E-state index in [4.69, 9.17) is 4.74 Å². The Morgan fingerprint density at radius 2 is 2.18 bits per heavy atom. The van der Waals surface area contributed by atoms with Gasteiger partial charge >= 0.3 is 0 Å². The fourth-order valence-corrected chi connectivity index (χ4v) is 2.77. The Morgan fingerprint density at radius 3 is 2.82 bits per heavy atom. The minimum Gasteiger partial charge on any atom is -0.480 e. The quantitative estimate of drug-likeness (QED) is 0.904. The molecule has 1 aliphatic rings. The zero-order chi connectivity index (χ0) is 15.2. The Kier molecular flexibility index (Phi) is 7.69. The van der Waals surface area contributed by atoms with Crippen LogP contribution < -0.4 is 10.1 Å². The van der Waals surface area contributed by atoms with Crippen molar-refractivity contribution in [3.05, 3.63) is 29.8 Å². The molecule has 124 valence electrons. The number of carbonyl (C=O) groups is 1. The third-order valence-electron chi connectivity index (χ3n) is 4.15. The highest BCUT2D eigenvalue weighted by Crippen LogP contribution is 2.20. The summed E-state index contributed by atoms with van der Waals surface area (Å²) in [6, 6.07) is 8.26. The molecular formula is C17H27ClN2O2. The molecule has 0 saturated carbocycles. The van der Waals surface area contributed by atoms with Crippen molar-refractivity contribution < 1.29 is 9.53 Å². The van der Waals surface area contributed by atoms with Gasteiger partial charge in [-0.1, -0.05) is 25.1 Å². The monoisotopic (exact) mass is 326 g/mol. The first-order valence-electron chi connectivity index (χ1n) is 7.84. The van der Waals surface area contributed by atoms with Crippen LogP contribution in [0.2, 0.25) is 0 Å². The minimum absolute atomic E-state index is 0. The molecule has 0 radical (unpaired) electrons. The molecule has 0 spiro atoms. The molecule has 0 aromatic heterocycles. The van der Waals surface area contributed by atoms with Gasteiger partial charge in [-0.2, -0.15) is 0 Å². The lowest BCUT2D eigenvalue weighted by molar-refractivity contribution is -0.140. The summed E-state index contributed by atoms with van der Waals surface area (Å²) in [4.78, 5) is 14.6. The number of likely N-dealkylation sites (N-methyl/N-ethyl adjacent to an activating group) is 1. The number of carbonyl (C=O) groups excluding carboxylic acids is 1. The first kappa shape index (κ1) is 18.8. The number of benzene rings is 1. The number of likely N-dealkylation sites (tertiary alicyclic amines) is 1. The number of nitrogens with zero attached hydrogens (tertiary/aromatic N) is 1. The number of amides is 1. The predicted molar refractivity (Wildman–Crippen MR) is 91.8 cm³/mol. The predicted octanol–water partition coefficient (Wildman–Crippen LogP) is 2.78. The number of ether oxygens (including phenoxy) is 1. The fourth-order valence-electron chi connectivity index (χ4n) is 2.77.